The van der Waals surface area contributed by atoms with E-state index in [1.165, 1.54) is 5.56 Å². The Kier molecular flexibility index (Phi) is 1.27. The first-order valence-corrected chi connectivity index (χ1v) is 3.82. The summed E-state index contributed by atoms with van der Waals surface area (Å²) in [6.07, 6.45) is 3.82. The van der Waals surface area contributed by atoms with Crippen LogP contribution in [-0.4, -0.2) is 0 Å². The highest BCUT2D eigenvalue weighted by Gasteiger charge is 2.04. The molecule has 2 heteroatoms. The van der Waals surface area contributed by atoms with Gasteiger partial charge in [-0.15, -0.1) is 0 Å². The summed E-state index contributed by atoms with van der Waals surface area (Å²) in [4.78, 5) is 0. The van der Waals surface area contributed by atoms with Gasteiger partial charge >= 0.3 is 0 Å². The van der Waals surface area contributed by atoms with Crippen molar-refractivity contribution in [2.75, 3.05) is 0 Å². The van der Waals surface area contributed by atoms with Crippen LogP contribution in [0.1, 0.15) is 5.56 Å². The van der Waals surface area contributed by atoms with Crippen LogP contribution in [0, 0.1) is 0 Å². The largest absolute Gasteiger partial charge is 0.256 e. The average Bonchev–Trinajstić information content (AvgIpc) is 2.33. The summed E-state index contributed by atoms with van der Waals surface area (Å²) in [5, 5.41) is 4.15. The molecule has 0 saturated carbocycles. The second kappa shape index (κ2) is 2.13. The zero-order valence-electron chi connectivity index (χ0n) is 5.21. The number of benzene rings is 1. The van der Waals surface area contributed by atoms with Crippen LogP contribution < -0.4 is 5.32 Å². The Morgan fingerprint density at radius 1 is 1.30 bits per heavy atom. The third-order valence-corrected chi connectivity index (χ3v) is 1.95. The summed E-state index contributed by atoms with van der Waals surface area (Å²) in [6, 6.07) is 6.08. The molecule has 0 spiro atoms. The summed E-state index contributed by atoms with van der Waals surface area (Å²) >= 11 is 3.38. The Labute approximate surface area is 67.9 Å². The summed E-state index contributed by atoms with van der Waals surface area (Å²) in [5.74, 6) is 0. The highest BCUT2D eigenvalue weighted by molar-refractivity contribution is 9.10. The van der Waals surface area contributed by atoms with Crippen molar-refractivity contribution in [3.8, 4) is 0 Å². The summed E-state index contributed by atoms with van der Waals surface area (Å²) in [5.41, 5.74) is 2.25. The molecule has 0 aliphatic carbocycles. The number of rotatable bonds is 0. The van der Waals surface area contributed by atoms with E-state index in [4.69, 9.17) is 0 Å². The normalized spacial score (nSPS) is 12.9. The first-order valence-electron chi connectivity index (χ1n) is 3.03. The first kappa shape index (κ1) is 5.98. The Bertz CT molecular complexity index is 291. The van der Waals surface area contributed by atoms with E-state index in [1.807, 2.05) is 30.5 Å². The molecule has 1 nitrogen and oxygen atoms in total. The lowest BCUT2D eigenvalue weighted by atomic mass is 10.2. The van der Waals surface area contributed by atoms with Gasteiger partial charge in [0.2, 0.25) is 0 Å². The minimum Gasteiger partial charge on any atom is -0.256 e. The van der Waals surface area contributed by atoms with Crippen molar-refractivity contribution in [2.45, 2.75) is 0 Å². The van der Waals surface area contributed by atoms with Crippen molar-refractivity contribution >= 4 is 27.7 Å². The van der Waals surface area contributed by atoms with Crippen LogP contribution in [0.5, 0.6) is 0 Å². The minimum absolute atomic E-state index is 1.05. The molecule has 0 saturated heterocycles. The lowest BCUT2D eigenvalue weighted by Crippen LogP contribution is -1.80. The van der Waals surface area contributed by atoms with Crippen LogP contribution in [0.25, 0.3) is 6.08 Å². The van der Waals surface area contributed by atoms with Crippen molar-refractivity contribution in [1.29, 1.82) is 0 Å². The standard InChI is InChI=1S/C8H5BrN/c9-7-2-1-6-3-4-10-8(6)5-7/h1-5H. The molecule has 0 atom stereocenters. The first-order chi connectivity index (χ1) is 4.86. The Balaban J connectivity index is 2.59. The Morgan fingerprint density at radius 2 is 2.20 bits per heavy atom. The fourth-order valence-electron chi connectivity index (χ4n) is 0.967. The highest BCUT2D eigenvalue weighted by Crippen LogP contribution is 2.26. The van der Waals surface area contributed by atoms with Gasteiger partial charge in [0.05, 0.1) is 5.69 Å². The van der Waals surface area contributed by atoms with Crippen molar-refractivity contribution in [3.63, 3.8) is 0 Å². The monoisotopic (exact) mass is 194 g/mol. The number of fused-ring (bicyclic) bond motifs is 1. The average molecular weight is 195 g/mol. The van der Waals surface area contributed by atoms with E-state index in [9.17, 15) is 0 Å². The maximum Gasteiger partial charge on any atom is 0.0713 e. The van der Waals surface area contributed by atoms with Gasteiger partial charge in [-0.1, -0.05) is 22.0 Å². The third kappa shape index (κ3) is 0.847. The fraction of sp³-hybridized carbons (Fsp3) is 0. The molecule has 0 bridgehead atoms. The smallest absolute Gasteiger partial charge is 0.0713 e. The molecule has 2 rings (SSSR count). The van der Waals surface area contributed by atoms with E-state index in [2.05, 4.69) is 21.2 Å². The van der Waals surface area contributed by atoms with E-state index in [1.54, 1.807) is 0 Å². The number of hydrogen-bond donors (Lipinski definition) is 0. The zero-order valence-corrected chi connectivity index (χ0v) is 6.80. The molecule has 49 valence electrons. The van der Waals surface area contributed by atoms with Crippen molar-refractivity contribution < 1.29 is 0 Å². The topological polar surface area (TPSA) is 14.1 Å². The molecule has 0 aromatic heterocycles. The predicted octanol–water partition coefficient (Wildman–Crippen LogP) is 2.67. The molecule has 0 fully saturated rings. The third-order valence-electron chi connectivity index (χ3n) is 1.46. The van der Waals surface area contributed by atoms with Crippen LogP contribution in [0.15, 0.2) is 28.9 Å². The van der Waals surface area contributed by atoms with E-state index in [0.29, 0.717) is 0 Å². The quantitative estimate of drug-likeness (QED) is 0.604. The van der Waals surface area contributed by atoms with Gasteiger partial charge in [-0.05, 0) is 18.2 Å². The van der Waals surface area contributed by atoms with Crippen LogP contribution in [0.4, 0.5) is 5.69 Å². The molecule has 0 amide bonds. The number of halogens is 1. The van der Waals surface area contributed by atoms with E-state index >= 15 is 0 Å². The molecule has 0 unspecified atom stereocenters. The second-order valence-electron chi connectivity index (χ2n) is 2.15. The van der Waals surface area contributed by atoms with E-state index < -0.39 is 0 Å². The SMILES string of the molecule is Brc1ccc2c(c1)[N]C=C2. The van der Waals surface area contributed by atoms with Gasteiger partial charge in [0.15, 0.2) is 0 Å². The Hall–Kier alpha value is -0.760. The predicted molar refractivity (Wildman–Crippen MR) is 45.0 cm³/mol. The van der Waals surface area contributed by atoms with Gasteiger partial charge in [-0.2, -0.15) is 0 Å². The zero-order chi connectivity index (χ0) is 6.97. The highest BCUT2D eigenvalue weighted by atomic mass is 79.9. The minimum atomic E-state index is 1.05. The van der Waals surface area contributed by atoms with Gasteiger partial charge in [-0.3, -0.25) is 5.32 Å². The summed E-state index contributed by atoms with van der Waals surface area (Å²) in [6.45, 7) is 0. The van der Waals surface area contributed by atoms with Gasteiger partial charge in [0.25, 0.3) is 0 Å². The van der Waals surface area contributed by atoms with Gasteiger partial charge in [0.1, 0.15) is 0 Å². The molecule has 1 heterocycles. The molecule has 1 radical (unpaired) electrons. The molecule has 0 N–H and O–H groups in total. The van der Waals surface area contributed by atoms with Crippen molar-refractivity contribution in [2.24, 2.45) is 0 Å². The van der Waals surface area contributed by atoms with Crippen molar-refractivity contribution in [1.82, 2.24) is 5.32 Å². The van der Waals surface area contributed by atoms with Gasteiger partial charge in [-0.25, -0.2) is 0 Å². The lowest BCUT2D eigenvalue weighted by molar-refractivity contribution is 1.21. The van der Waals surface area contributed by atoms with Crippen molar-refractivity contribution in [3.05, 3.63) is 34.4 Å². The second-order valence-corrected chi connectivity index (χ2v) is 3.06. The molecule has 10 heavy (non-hydrogen) atoms. The molecule has 1 aliphatic rings. The fourth-order valence-corrected chi connectivity index (χ4v) is 1.32. The number of nitrogens with zero attached hydrogens (tertiary/aromatic N) is 1. The molecular weight excluding hydrogens is 190 g/mol. The van der Waals surface area contributed by atoms with Crippen LogP contribution in [0.3, 0.4) is 0 Å². The Morgan fingerprint density at radius 3 is 3.10 bits per heavy atom. The number of hydrogen-bond acceptors (Lipinski definition) is 0. The molecule has 1 aromatic rings. The van der Waals surface area contributed by atoms with E-state index in [0.717, 1.165) is 10.2 Å². The molecule has 1 aliphatic heterocycles. The van der Waals surface area contributed by atoms with Gasteiger partial charge < -0.3 is 0 Å². The maximum atomic E-state index is 4.15. The summed E-state index contributed by atoms with van der Waals surface area (Å²) < 4.78 is 1.08. The summed E-state index contributed by atoms with van der Waals surface area (Å²) in [7, 11) is 0. The van der Waals surface area contributed by atoms with E-state index in [-0.39, 0.29) is 0 Å². The van der Waals surface area contributed by atoms with Crippen LogP contribution in [0.2, 0.25) is 0 Å². The van der Waals surface area contributed by atoms with Gasteiger partial charge in [0, 0.05) is 16.2 Å². The van der Waals surface area contributed by atoms with Crippen LogP contribution >= 0.6 is 15.9 Å². The lowest BCUT2D eigenvalue weighted by Gasteiger charge is -1.96. The molecular formula is C8H5BrN. The maximum absolute atomic E-state index is 4.15. The molecule has 1 aromatic carbocycles. The van der Waals surface area contributed by atoms with Crippen LogP contribution in [-0.2, 0) is 0 Å².